The van der Waals surface area contributed by atoms with Crippen molar-refractivity contribution in [3.8, 4) is 17.6 Å². The van der Waals surface area contributed by atoms with E-state index in [2.05, 4.69) is 37.9 Å². The van der Waals surface area contributed by atoms with Crippen LogP contribution in [0, 0.1) is 21.4 Å². The van der Waals surface area contributed by atoms with Gasteiger partial charge in [0.05, 0.1) is 28.1 Å². The summed E-state index contributed by atoms with van der Waals surface area (Å²) in [4.78, 5) is 10.2. The van der Waals surface area contributed by atoms with E-state index in [1.54, 1.807) is 12.1 Å². The van der Waals surface area contributed by atoms with Crippen molar-refractivity contribution in [3.63, 3.8) is 0 Å². The number of nitro groups is 1. The van der Waals surface area contributed by atoms with Crippen LogP contribution >= 0.6 is 31.9 Å². The number of benzene rings is 2. The van der Waals surface area contributed by atoms with Crippen molar-refractivity contribution in [2.75, 3.05) is 7.11 Å². The molecule has 0 amide bonds. The van der Waals surface area contributed by atoms with Gasteiger partial charge in [-0.15, -0.1) is 0 Å². The Morgan fingerprint density at radius 1 is 1.33 bits per heavy atom. The number of allylic oxidation sites excluding steroid dienone is 1. The quantitative estimate of drug-likeness (QED) is 0.307. The summed E-state index contributed by atoms with van der Waals surface area (Å²) in [6.07, 6.45) is 1.60. The number of methoxy groups -OCH3 is 1. The molecular formula is C16H10Br2N2O4. The van der Waals surface area contributed by atoms with E-state index in [0.717, 1.165) is 0 Å². The molecule has 8 heteroatoms. The van der Waals surface area contributed by atoms with Crippen LogP contribution < -0.4 is 4.74 Å². The fraction of sp³-hybridized carbons (Fsp3) is 0.0625. The van der Waals surface area contributed by atoms with Gasteiger partial charge in [0.1, 0.15) is 0 Å². The third-order valence-corrected chi connectivity index (χ3v) is 5.36. The van der Waals surface area contributed by atoms with Crippen LogP contribution in [-0.2, 0) is 0 Å². The smallest absolute Gasteiger partial charge is 0.269 e. The molecule has 1 N–H and O–H groups in total. The minimum Gasteiger partial charge on any atom is -0.503 e. The SMILES string of the molecule is COc1cc(C=C(C#N)c2ccc([N+](=O)[O-])cc2)c(Br)c(Br)c1O. The van der Waals surface area contributed by atoms with E-state index in [1.807, 2.05) is 0 Å². The minimum absolute atomic E-state index is 0.0498. The van der Waals surface area contributed by atoms with Gasteiger partial charge in [0.25, 0.3) is 5.69 Å². The Labute approximate surface area is 154 Å². The maximum absolute atomic E-state index is 10.7. The molecule has 0 saturated heterocycles. The molecule has 0 aliphatic rings. The van der Waals surface area contributed by atoms with Gasteiger partial charge in [-0.1, -0.05) is 0 Å². The van der Waals surface area contributed by atoms with Crippen molar-refractivity contribution in [2.24, 2.45) is 0 Å². The van der Waals surface area contributed by atoms with E-state index in [0.29, 0.717) is 25.6 Å². The molecule has 2 aromatic rings. The lowest BCUT2D eigenvalue weighted by molar-refractivity contribution is -0.384. The average molecular weight is 454 g/mol. The Morgan fingerprint density at radius 3 is 2.46 bits per heavy atom. The van der Waals surface area contributed by atoms with Crippen molar-refractivity contribution < 1.29 is 14.8 Å². The van der Waals surface area contributed by atoms with Crippen molar-refractivity contribution in [3.05, 3.63) is 60.5 Å². The van der Waals surface area contributed by atoms with Gasteiger partial charge in [-0.2, -0.15) is 5.26 Å². The lowest BCUT2D eigenvalue weighted by Crippen LogP contribution is -1.90. The second-order valence-corrected chi connectivity index (χ2v) is 6.20. The highest BCUT2D eigenvalue weighted by Gasteiger charge is 2.15. The van der Waals surface area contributed by atoms with Gasteiger partial charge in [-0.3, -0.25) is 10.1 Å². The van der Waals surface area contributed by atoms with Gasteiger partial charge in [0.15, 0.2) is 11.5 Å². The first kappa shape index (κ1) is 18.0. The van der Waals surface area contributed by atoms with Gasteiger partial charge in [0.2, 0.25) is 0 Å². The summed E-state index contributed by atoms with van der Waals surface area (Å²) in [5.41, 5.74) is 1.40. The molecule has 2 aromatic carbocycles. The normalized spacial score (nSPS) is 11.0. The zero-order valence-corrected chi connectivity index (χ0v) is 15.5. The highest BCUT2D eigenvalue weighted by atomic mass is 79.9. The molecule has 0 spiro atoms. The topological polar surface area (TPSA) is 96.4 Å². The summed E-state index contributed by atoms with van der Waals surface area (Å²) in [5.74, 6) is 0.188. The summed E-state index contributed by atoms with van der Waals surface area (Å²) in [5, 5.41) is 30.0. The van der Waals surface area contributed by atoms with E-state index in [4.69, 9.17) is 4.74 Å². The molecule has 0 aliphatic carbocycles. The van der Waals surface area contributed by atoms with Crippen LogP contribution in [0.4, 0.5) is 5.69 Å². The number of rotatable bonds is 4. The molecular weight excluding hydrogens is 444 g/mol. The fourth-order valence-corrected chi connectivity index (χ4v) is 2.81. The highest BCUT2D eigenvalue weighted by Crippen LogP contribution is 2.42. The second-order valence-electron chi connectivity index (χ2n) is 4.62. The Hall–Kier alpha value is -2.37. The number of nitrogens with zero attached hydrogens (tertiary/aromatic N) is 2. The summed E-state index contributed by atoms with van der Waals surface area (Å²) >= 11 is 6.60. The number of nitriles is 1. The van der Waals surface area contributed by atoms with Gasteiger partial charge in [-0.05, 0) is 67.3 Å². The van der Waals surface area contributed by atoms with Crippen LogP contribution in [0.3, 0.4) is 0 Å². The summed E-state index contributed by atoms with van der Waals surface area (Å²) in [6, 6.07) is 9.33. The predicted molar refractivity (Wildman–Crippen MR) is 96.6 cm³/mol. The third-order valence-electron chi connectivity index (χ3n) is 3.20. The lowest BCUT2D eigenvalue weighted by Gasteiger charge is -2.10. The van der Waals surface area contributed by atoms with E-state index >= 15 is 0 Å². The maximum Gasteiger partial charge on any atom is 0.269 e. The molecule has 0 saturated carbocycles. The Balaban J connectivity index is 2.54. The van der Waals surface area contributed by atoms with Crippen LogP contribution in [-0.4, -0.2) is 17.1 Å². The number of nitro benzene ring substituents is 1. The summed E-state index contributed by atoms with van der Waals surface area (Å²) in [6.45, 7) is 0. The van der Waals surface area contributed by atoms with Crippen LogP contribution in [0.15, 0.2) is 39.3 Å². The molecule has 0 aliphatic heterocycles. The maximum atomic E-state index is 10.7. The fourth-order valence-electron chi connectivity index (χ4n) is 1.97. The Kier molecular flexibility index (Phi) is 5.59. The van der Waals surface area contributed by atoms with Crippen LogP contribution in [0.5, 0.6) is 11.5 Å². The average Bonchev–Trinajstić information content (AvgIpc) is 2.59. The van der Waals surface area contributed by atoms with Crippen LogP contribution in [0.25, 0.3) is 11.6 Å². The Morgan fingerprint density at radius 2 is 1.96 bits per heavy atom. The molecule has 0 aromatic heterocycles. The largest absolute Gasteiger partial charge is 0.503 e. The molecule has 6 nitrogen and oxygen atoms in total. The van der Waals surface area contributed by atoms with Crippen LogP contribution in [0.1, 0.15) is 11.1 Å². The number of phenolic OH excluding ortho intramolecular Hbond substituents is 1. The second kappa shape index (κ2) is 7.47. The van der Waals surface area contributed by atoms with E-state index < -0.39 is 4.92 Å². The van der Waals surface area contributed by atoms with Crippen molar-refractivity contribution in [1.82, 2.24) is 0 Å². The molecule has 24 heavy (non-hydrogen) atoms. The van der Waals surface area contributed by atoms with E-state index in [-0.39, 0.29) is 17.2 Å². The molecule has 0 unspecified atom stereocenters. The molecule has 0 atom stereocenters. The molecule has 2 rings (SSSR count). The Bertz CT molecular complexity index is 871. The monoisotopic (exact) mass is 452 g/mol. The van der Waals surface area contributed by atoms with Crippen molar-refractivity contribution >= 4 is 49.2 Å². The molecule has 0 heterocycles. The number of phenols is 1. The zero-order valence-electron chi connectivity index (χ0n) is 12.3. The molecule has 0 fully saturated rings. The number of non-ortho nitro benzene ring substituents is 1. The van der Waals surface area contributed by atoms with Gasteiger partial charge < -0.3 is 9.84 Å². The van der Waals surface area contributed by atoms with Crippen molar-refractivity contribution in [2.45, 2.75) is 0 Å². The summed E-state index contributed by atoms with van der Waals surface area (Å²) < 4.78 is 6.05. The molecule has 122 valence electrons. The van der Waals surface area contributed by atoms with Gasteiger partial charge in [0, 0.05) is 16.6 Å². The number of halogens is 2. The first-order valence-electron chi connectivity index (χ1n) is 6.50. The highest BCUT2D eigenvalue weighted by molar-refractivity contribution is 9.13. The molecule has 0 radical (unpaired) electrons. The number of ether oxygens (including phenoxy) is 1. The first-order valence-corrected chi connectivity index (χ1v) is 8.09. The zero-order chi connectivity index (χ0) is 17.9. The third kappa shape index (κ3) is 3.58. The van der Waals surface area contributed by atoms with E-state index in [9.17, 15) is 20.5 Å². The van der Waals surface area contributed by atoms with Crippen molar-refractivity contribution in [1.29, 1.82) is 5.26 Å². The van der Waals surface area contributed by atoms with Crippen LogP contribution in [0.2, 0.25) is 0 Å². The minimum atomic E-state index is -0.502. The number of aromatic hydroxyl groups is 1. The standard InChI is InChI=1S/C16H10Br2N2O4/c1-24-13-7-10(14(17)15(18)16(13)21)6-11(8-19)9-2-4-12(5-3-9)20(22)23/h2-7,21H,1H3. The van der Waals surface area contributed by atoms with E-state index in [1.165, 1.54) is 31.4 Å². The summed E-state index contributed by atoms with van der Waals surface area (Å²) in [7, 11) is 1.42. The van der Waals surface area contributed by atoms with Gasteiger partial charge >= 0.3 is 0 Å². The first-order chi connectivity index (χ1) is 11.4. The predicted octanol–water partition coefficient (Wildman–Crippen LogP) is 4.90. The van der Waals surface area contributed by atoms with Gasteiger partial charge in [-0.25, -0.2) is 0 Å². The number of hydrogen-bond donors (Lipinski definition) is 1. The number of hydrogen-bond acceptors (Lipinski definition) is 5. The molecule has 0 bridgehead atoms. The lowest BCUT2D eigenvalue weighted by atomic mass is 10.0.